The molecule has 1 unspecified atom stereocenters. The molecule has 0 spiro atoms. The Labute approximate surface area is 144 Å². The summed E-state index contributed by atoms with van der Waals surface area (Å²) in [6.45, 7) is 1.91. The quantitative estimate of drug-likeness (QED) is 0.814. The monoisotopic (exact) mass is 374 g/mol. The maximum absolute atomic E-state index is 12.2. The molecule has 2 rings (SSSR count). The minimum absolute atomic E-state index is 0.104. The van der Waals surface area contributed by atoms with Crippen molar-refractivity contribution in [3.8, 4) is 0 Å². The molecule has 5 heteroatoms. The second kappa shape index (κ2) is 8.48. The topological polar surface area (TPSA) is 58.2 Å². The van der Waals surface area contributed by atoms with Gasteiger partial charge in [0.15, 0.2) is 0 Å². The van der Waals surface area contributed by atoms with Crippen LogP contribution in [0.15, 0.2) is 59.1 Å². The second-order valence-electron chi connectivity index (χ2n) is 5.27. The molecule has 0 aliphatic rings. The van der Waals surface area contributed by atoms with Crippen LogP contribution in [0.25, 0.3) is 0 Å². The molecule has 0 fully saturated rings. The van der Waals surface area contributed by atoms with Crippen molar-refractivity contribution in [2.45, 2.75) is 25.9 Å². The summed E-state index contributed by atoms with van der Waals surface area (Å²) in [7, 11) is 0. The summed E-state index contributed by atoms with van der Waals surface area (Å²) < 4.78 is 0.977. The molecule has 0 aliphatic carbocycles. The van der Waals surface area contributed by atoms with E-state index >= 15 is 0 Å². The molecule has 0 heterocycles. The molecule has 0 aromatic heterocycles. The van der Waals surface area contributed by atoms with Gasteiger partial charge in [-0.05, 0) is 23.3 Å². The van der Waals surface area contributed by atoms with Crippen LogP contribution >= 0.6 is 15.9 Å². The van der Waals surface area contributed by atoms with Crippen molar-refractivity contribution in [2.75, 3.05) is 0 Å². The van der Waals surface area contributed by atoms with Gasteiger partial charge >= 0.3 is 0 Å². The molecule has 0 aliphatic heterocycles. The van der Waals surface area contributed by atoms with Crippen LogP contribution in [0.1, 0.15) is 30.5 Å². The Balaban J connectivity index is 1.96. The molecule has 0 radical (unpaired) electrons. The first-order valence-corrected chi connectivity index (χ1v) is 8.17. The van der Waals surface area contributed by atoms with Crippen molar-refractivity contribution < 1.29 is 9.59 Å². The zero-order valence-corrected chi connectivity index (χ0v) is 14.5. The Bertz CT molecular complexity index is 674. The molecule has 0 bridgehead atoms. The number of carbonyl (C=O) groups is 2. The lowest BCUT2D eigenvalue weighted by molar-refractivity contribution is -0.122. The molecule has 1 atom stereocenters. The minimum atomic E-state index is -0.323. The Morgan fingerprint density at radius 1 is 1.09 bits per heavy atom. The SMILES string of the molecule is CC(=O)NC(CC(=O)NCc1cccc(Br)c1)c1ccccc1. The van der Waals surface area contributed by atoms with Gasteiger partial charge in [-0.25, -0.2) is 0 Å². The van der Waals surface area contributed by atoms with Crippen molar-refractivity contribution in [3.05, 3.63) is 70.2 Å². The van der Waals surface area contributed by atoms with E-state index in [-0.39, 0.29) is 24.3 Å². The number of nitrogens with one attached hydrogen (secondary N) is 2. The van der Waals surface area contributed by atoms with E-state index in [1.165, 1.54) is 6.92 Å². The fourth-order valence-electron chi connectivity index (χ4n) is 2.29. The van der Waals surface area contributed by atoms with Crippen molar-refractivity contribution in [1.29, 1.82) is 0 Å². The Hall–Kier alpha value is -2.14. The van der Waals surface area contributed by atoms with Crippen LogP contribution in [0.4, 0.5) is 0 Å². The molecule has 2 amide bonds. The molecule has 4 nitrogen and oxygen atoms in total. The number of hydrogen-bond acceptors (Lipinski definition) is 2. The first kappa shape index (κ1) is 17.2. The summed E-state index contributed by atoms with van der Waals surface area (Å²) in [5.41, 5.74) is 1.93. The molecule has 2 N–H and O–H groups in total. The lowest BCUT2D eigenvalue weighted by atomic mass is 10.0. The van der Waals surface area contributed by atoms with Crippen molar-refractivity contribution in [2.24, 2.45) is 0 Å². The molecule has 2 aromatic rings. The minimum Gasteiger partial charge on any atom is -0.352 e. The third-order valence-electron chi connectivity index (χ3n) is 3.35. The van der Waals surface area contributed by atoms with Gasteiger partial charge in [0.2, 0.25) is 11.8 Å². The van der Waals surface area contributed by atoms with E-state index in [0.717, 1.165) is 15.6 Å². The number of benzene rings is 2. The van der Waals surface area contributed by atoms with Gasteiger partial charge in [-0.3, -0.25) is 9.59 Å². The van der Waals surface area contributed by atoms with Crippen LogP contribution in [0.3, 0.4) is 0 Å². The highest BCUT2D eigenvalue weighted by atomic mass is 79.9. The Morgan fingerprint density at radius 3 is 2.48 bits per heavy atom. The average molecular weight is 375 g/mol. The normalized spacial score (nSPS) is 11.6. The molecule has 0 saturated carbocycles. The summed E-state index contributed by atoms with van der Waals surface area (Å²) in [6, 6.07) is 17.0. The lowest BCUT2D eigenvalue weighted by Gasteiger charge is -2.18. The van der Waals surface area contributed by atoms with E-state index in [1.54, 1.807) is 0 Å². The van der Waals surface area contributed by atoms with Crippen molar-refractivity contribution in [3.63, 3.8) is 0 Å². The lowest BCUT2D eigenvalue weighted by Crippen LogP contribution is -2.32. The number of rotatable bonds is 6. The summed E-state index contributed by atoms with van der Waals surface area (Å²) in [5, 5.41) is 5.72. The Morgan fingerprint density at radius 2 is 1.83 bits per heavy atom. The van der Waals surface area contributed by atoms with Crippen LogP contribution in [-0.2, 0) is 16.1 Å². The summed E-state index contributed by atoms with van der Waals surface area (Å²) >= 11 is 3.41. The standard InChI is InChI=1S/C18H19BrN2O2/c1-13(22)21-17(15-7-3-2-4-8-15)11-18(23)20-12-14-6-5-9-16(19)10-14/h2-10,17H,11-12H2,1H3,(H,20,23)(H,21,22). The average Bonchev–Trinajstić information content (AvgIpc) is 2.53. The van der Waals surface area contributed by atoms with Crippen LogP contribution in [0.5, 0.6) is 0 Å². The van der Waals surface area contributed by atoms with Crippen LogP contribution in [-0.4, -0.2) is 11.8 Å². The van der Waals surface area contributed by atoms with E-state index in [4.69, 9.17) is 0 Å². The van der Waals surface area contributed by atoms with Gasteiger partial charge in [-0.2, -0.15) is 0 Å². The van der Waals surface area contributed by atoms with Gasteiger partial charge in [-0.15, -0.1) is 0 Å². The molecule has 23 heavy (non-hydrogen) atoms. The van der Waals surface area contributed by atoms with Gasteiger partial charge in [0.05, 0.1) is 12.5 Å². The summed E-state index contributed by atoms with van der Waals surface area (Å²) in [4.78, 5) is 23.6. The fraction of sp³-hybridized carbons (Fsp3) is 0.222. The molecular formula is C18H19BrN2O2. The third kappa shape index (κ3) is 5.87. The highest BCUT2D eigenvalue weighted by molar-refractivity contribution is 9.10. The maximum Gasteiger partial charge on any atom is 0.222 e. The number of hydrogen-bond donors (Lipinski definition) is 2. The predicted octanol–water partition coefficient (Wildman–Crippen LogP) is 3.33. The van der Waals surface area contributed by atoms with Gasteiger partial charge in [-0.1, -0.05) is 58.4 Å². The first-order valence-electron chi connectivity index (χ1n) is 7.38. The molecule has 120 valence electrons. The molecule has 0 saturated heterocycles. The van der Waals surface area contributed by atoms with E-state index in [1.807, 2.05) is 54.6 Å². The summed E-state index contributed by atoms with van der Waals surface area (Å²) in [5.74, 6) is -0.258. The molecular weight excluding hydrogens is 356 g/mol. The van der Waals surface area contributed by atoms with Gasteiger partial charge in [0.25, 0.3) is 0 Å². The highest BCUT2D eigenvalue weighted by Gasteiger charge is 2.16. The first-order chi connectivity index (χ1) is 11.0. The van der Waals surface area contributed by atoms with Crippen LogP contribution < -0.4 is 10.6 Å². The van der Waals surface area contributed by atoms with Crippen LogP contribution in [0, 0.1) is 0 Å². The fourth-order valence-corrected chi connectivity index (χ4v) is 2.73. The Kier molecular flexibility index (Phi) is 6.35. The number of amides is 2. The van der Waals surface area contributed by atoms with Crippen LogP contribution in [0.2, 0.25) is 0 Å². The van der Waals surface area contributed by atoms with Gasteiger partial charge in [0, 0.05) is 17.9 Å². The smallest absolute Gasteiger partial charge is 0.222 e. The largest absolute Gasteiger partial charge is 0.352 e. The van der Waals surface area contributed by atoms with Crippen molar-refractivity contribution in [1.82, 2.24) is 10.6 Å². The van der Waals surface area contributed by atoms with E-state index in [9.17, 15) is 9.59 Å². The van der Waals surface area contributed by atoms with Crippen molar-refractivity contribution >= 4 is 27.7 Å². The van der Waals surface area contributed by atoms with Gasteiger partial charge < -0.3 is 10.6 Å². The molecule has 2 aromatic carbocycles. The van der Waals surface area contributed by atoms with E-state index < -0.39 is 0 Å². The van der Waals surface area contributed by atoms with E-state index in [0.29, 0.717) is 6.54 Å². The predicted molar refractivity (Wildman–Crippen MR) is 93.6 cm³/mol. The van der Waals surface area contributed by atoms with Gasteiger partial charge in [0.1, 0.15) is 0 Å². The third-order valence-corrected chi connectivity index (χ3v) is 3.84. The maximum atomic E-state index is 12.2. The number of carbonyl (C=O) groups excluding carboxylic acids is 2. The van der Waals surface area contributed by atoms with E-state index in [2.05, 4.69) is 26.6 Å². The zero-order chi connectivity index (χ0) is 16.7. The number of halogens is 1. The zero-order valence-electron chi connectivity index (χ0n) is 12.9. The second-order valence-corrected chi connectivity index (χ2v) is 6.19. The summed E-state index contributed by atoms with van der Waals surface area (Å²) in [6.07, 6.45) is 0.206. The highest BCUT2D eigenvalue weighted by Crippen LogP contribution is 2.17.